The van der Waals surface area contributed by atoms with Gasteiger partial charge in [0.2, 0.25) is 5.88 Å². The molecule has 0 saturated carbocycles. The molecule has 130 valence electrons. The first-order valence-corrected chi connectivity index (χ1v) is 8.58. The molecule has 1 atom stereocenters. The van der Waals surface area contributed by atoms with E-state index in [2.05, 4.69) is 28.3 Å². The van der Waals surface area contributed by atoms with Gasteiger partial charge < -0.3 is 16.0 Å². The summed E-state index contributed by atoms with van der Waals surface area (Å²) in [6, 6.07) is 18.2. The second-order valence-corrected chi connectivity index (χ2v) is 6.47. The zero-order valence-electron chi connectivity index (χ0n) is 14.3. The minimum Gasteiger partial charge on any atom is -0.367 e. The number of nitrogens with zero attached hydrogens (tertiary/aromatic N) is 2. The van der Waals surface area contributed by atoms with Crippen molar-refractivity contribution in [3.05, 3.63) is 78.1 Å². The molecule has 4 N–H and O–H groups in total. The summed E-state index contributed by atoms with van der Waals surface area (Å²) in [5.41, 5.74) is 16.2. The van der Waals surface area contributed by atoms with Crippen LogP contribution >= 0.6 is 0 Å². The smallest absolute Gasteiger partial charge is 0.225 e. The summed E-state index contributed by atoms with van der Waals surface area (Å²) in [7, 11) is 0. The summed E-state index contributed by atoms with van der Waals surface area (Å²) in [4.78, 5) is 4.15. The lowest BCUT2D eigenvalue weighted by molar-refractivity contribution is 0.438. The van der Waals surface area contributed by atoms with E-state index >= 15 is 0 Å². The first-order valence-electron chi connectivity index (χ1n) is 8.58. The van der Waals surface area contributed by atoms with Crippen molar-refractivity contribution in [1.82, 2.24) is 10.1 Å². The Balaban J connectivity index is 1.62. The Bertz CT molecular complexity index is 1030. The van der Waals surface area contributed by atoms with Crippen molar-refractivity contribution in [3.63, 3.8) is 0 Å². The van der Waals surface area contributed by atoms with Gasteiger partial charge in [0.05, 0.1) is 0 Å². The van der Waals surface area contributed by atoms with Crippen LogP contribution < -0.4 is 11.5 Å². The summed E-state index contributed by atoms with van der Waals surface area (Å²) < 4.78 is 5.27. The van der Waals surface area contributed by atoms with E-state index in [4.69, 9.17) is 16.0 Å². The molecule has 0 saturated heterocycles. The third-order valence-corrected chi connectivity index (χ3v) is 4.54. The van der Waals surface area contributed by atoms with Crippen molar-refractivity contribution in [1.29, 1.82) is 0 Å². The molecule has 0 aliphatic carbocycles. The van der Waals surface area contributed by atoms with Crippen LogP contribution in [0.1, 0.15) is 11.1 Å². The predicted molar refractivity (Wildman–Crippen MR) is 103 cm³/mol. The summed E-state index contributed by atoms with van der Waals surface area (Å²) in [5, 5.41) is 6.36. The summed E-state index contributed by atoms with van der Waals surface area (Å²) in [5.74, 6) is 0.332. The zero-order chi connectivity index (χ0) is 17.9. The van der Waals surface area contributed by atoms with E-state index in [1.54, 1.807) is 6.20 Å². The van der Waals surface area contributed by atoms with E-state index in [0.717, 1.165) is 34.0 Å². The fraction of sp³-hybridized carbons (Fsp3) is 0.143. The van der Waals surface area contributed by atoms with E-state index in [1.165, 1.54) is 5.56 Å². The largest absolute Gasteiger partial charge is 0.367 e. The Morgan fingerprint density at radius 1 is 0.962 bits per heavy atom. The molecule has 4 rings (SSSR count). The lowest BCUT2D eigenvalue weighted by Crippen LogP contribution is -2.26. The van der Waals surface area contributed by atoms with Gasteiger partial charge in [0.15, 0.2) is 0 Å². The average molecular weight is 344 g/mol. The Morgan fingerprint density at radius 3 is 2.65 bits per heavy atom. The molecular formula is C21H20N4O. The quantitative estimate of drug-likeness (QED) is 0.577. The molecule has 5 nitrogen and oxygen atoms in total. The van der Waals surface area contributed by atoms with Gasteiger partial charge in [-0.3, -0.25) is 4.98 Å². The molecule has 5 heteroatoms. The van der Waals surface area contributed by atoms with Gasteiger partial charge in [-0.05, 0) is 35.9 Å². The third-order valence-electron chi connectivity index (χ3n) is 4.54. The van der Waals surface area contributed by atoms with E-state index < -0.39 is 0 Å². The fourth-order valence-corrected chi connectivity index (χ4v) is 3.23. The highest BCUT2D eigenvalue weighted by atomic mass is 16.5. The predicted octanol–water partition coefficient (Wildman–Crippen LogP) is 3.58. The topological polar surface area (TPSA) is 91.0 Å². The molecule has 26 heavy (non-hydrogen) atoms. The second-order valence-electron chi connectivity index (χ2n) is 6.47. The van der Waals surface area contributed by atoms with Crippen LogP contribution in [0.4, 0.5) is 5.88 Å². The lowest BCUT2D eigenvalue weighted by atomic mass is 9.96. The molecule has 0 bridgehead atoms. The van der Waals surface area contributed by atoms with Crippen LogP contribution in [0.2, 0.25) is 0 Å². The van der Waals surface area contributed by atoms with Crippen molar-refractivity contribution in [2.45, 2.75) is 18.9 Å². The van der Waals surface area contributed by atoms with Crippen molar-refractivity contribution in [2.24, 2.45) is 5.73 Å². The number of aromatic nitrogens is 2. The van der Waals surface area contributed by atoms with Crippen LogP contribution in [0, 0.1) is 0 Å². The molecule has 0 fully saturated rings. The highest BCUT2D eigenvalue weighted by Crippen LogP contribution is 2.30. The maximum absolute atomic E-state index is 6.37. The summed E-state index contributed by atoms with van der Waals surface area (Å²) in [6.45, 7) is 0. The number of anilines is 1. The molecule has 0 radical (unpaired) electrons. The maximum atomic E-state index is 6.37. The average Bonchev–Trinajstić information content (AvgIpc) is 3.02. The van der Waals surface area contributed by atoms with Gasteiger partial charge in [-0.2, -0.15) is 0 Å². The van der Waals surface area contributed by atoms with E-state index in [1.807, 2.05) is 42.6 Å². The number of fused-ring (bicyclic) bond motifs is 1. The number of rotatable bonds is 5. The van der Waals surface area contributed by atoms with Gasteiger partial charge in [0.25, 0.3) is 0 Å². The number of nitrogens with two attached hydrogens (primary N) is 2. The van der Waals surface area contributed by atoms with Crippen molar-refractivity contribution < 1.29 is 4.52 Å². The molecule has 0 amide bonds. The van der Waals surface area contributed by atoms with Crippen molar-refractivity contribution in [3.8, 4) is 11.3 Å². The van der Waals surface area contributed by atoms with Gasteiger partial charge in [0, 0.05) is 34.9 Å². The highest BCUT2D eigenvalue weighted by molar-refractivity contribution is 5.86. The number of pyridine rings is 1. The van der Waals surface area contributed by atoms with Crippen molar-refractivity contribution >= 4 is 16.7 Å². The summed E-state index contributed by atoms with van der Waals surface area (Å²) >= 11 is 0. The summed E-state index contributed by atoms with van der Waals surface area (Å²) in [6.07, 6.45) is 5.00. The molecule has 0 aliphatic rings. The monoisotopic (exact) mass is 344 g/mol. The number of benzene rings is 2. The maximum Gasteiger partial charge on any atom is 0.225 e. The van der Waals surface area contributed by atoms with Crippen LogP contribution in [0.3, 0.4) is 0 Å². The van der Waals surface area contributed by atoms with E-state index in [0.29, 0.717) is 12.3 Å². The first kappa shape index (κ1) is 16.3. The van der Waals surface area contributed by atoms with Crippen LogP contribution in [-0.2, 0) is 12.8 Å². The fourth-order valence-electron chi connectivity index (χ4n) is 3.23. The van der Waals surface area contributed by atoms with E-state index in [-0.39, 0.29) is 6.04 Å². The number of hydrogen-bond donors (Lipinski definition) is 2. The van der Waals surface area contributed by atoms with Crippen LogP contribution in [0.15, 0.2) is 71.5 Å². The van der Waals surface area contributed by atoms with Gasteiger partial charge in [0.1, 0.15) is 5.69 Å². The highest BCUT2D eigenvalue weighted by Gasteiger charge is 2.18. The lowest BCUT2D eigenvalue weighted by Gasteiger charge is -2.12. The van der Waals surface area contributed by atoms with Gasteiger partial charge in [-0.25, -0.2) is 0 Å². The second kappa shape index (κ2) is 6.98. The van der Waals surface area contributed by atoms with Gasteiger partial charge in [-0.1, -0.05) is 47.6 Å². The Labute approximate surface area is 151 Å². The molecule has 2 aromatic carbocycles. The minimum absolute atomic E-state index is 0.0671. The standard InChI is InChI=1S/C21H20N4O/c22-18(10-14-4-2-1-3-5-14)12-19-20(25-26-21(19)23)16-6-7-17-13-24-9-8-15(17)11-16/h1-9,11,13,18H,10,12,22-23H2/t18-/m0/s1. The molecule has 0 spiro atoms. The normalized spacial score (nSPS) is 12.3. The molecule has 4 aromatic rings. The van der Waals surface area contributed by atoms with Gasteiger partial charge in [-0.15, -0.1) is 0 Å². The Hall–Kier alpha value is -3.18. The minimum atomic E-state index is -0.0671. The van der Waals surface area contributed by atoms with Crippen molar-refractivity contribution in [2.75, 3.05) is 5.73 Å². The molecule has 0 unspecified atom stereocenters. The molecular weight excluding hydrogens is 324 g/mol. The zero-order valence-corrected chi connectivity index (χ0v) is 14.3. The number of hydrogen-bond acceptors (Lipinski definition) is 5. The molecule has 2 aromatic heterocycles. The Kier molecular flexibility index (Phi) is 4.37. The van der Waals surface area contributed by atoms with Crippen LogP contribution in [0.5, 0.6) is 0 Å². The number of nitrogen functional groups attached to an aromatic ring is 1. The van der Waals surface area contributed by atoms with E-state index in [9.17, 15) is 0 Å². The third kappa shape index (κ3) is 3.30. The molecule has 2 heterocycles. The van der Waals surface area contributed by atoms with Gasteiger partial charge >= 0.3 is 0 Å². The Morgan fingerprint density at radius 2 is 1.81 bits per heavy atom. The van der Waals surface area contributed by atoms with Crippen LogP contribution in [-0.4, -0.2) is 16.2 Å². The molecule has 0 aliphatic heterocycles. The van der Waals surface area contributed by atoms with Crippen LogP contribution in [0.25, 0.3) is 22.0 Å². The SMILES string of the molecule is Nc1onc(-c2ccc3cnccc3c2)c1C[C@@H](N)Cc1ccccc1. The first-order chi connectivity index (χ1) is 12.7.